The van der Waals surface area contributed by atoms with E-state index in [4.69, 9.17) is 5.11 Å². The van der Waals surface area contributed by atoms with Gasteiger partial charge in [-0.25, -0.2) is 13.1 Å². The molecule has 1 heterocycles. The highest BCUT2D eigenvalue weighted by atomic mass is 32.2. The molecule has 14 heavy (non-hydrogen) atoms. The van der Waals surface area contributed by atoms with Crippen LogP contribution in [-0.2, 0) is 10.0 Å². The third-order valence-electron chi connectivity index (χ3n) is 2.57. The molecular formula is C8H18N2O3S. The van der Waals surface area contributed by atoms with E-state index in [1.807, 2.05) is 7.05 Å². The molecule has 1 unspecified atom stereocenters. The molecule has 0 bridgehead atoms. The molecule has 0 radical (unpaired) electrons. The molecule has 5 nitrogen and oxygen atoms in total. The van der Waals surface area contributed by atoms with Crippen molar-refractivity contribution in [3.05, 3.63) is 0 Å². The van der Waals surface area contributed by atoms with E-state index in [2.05, 4.69) is 9.62 Å². The van der Waals surface area contributed by atoms with Crippen LogP contribution in [0.5, 0.6) is 0 Å². The van der Waals surface area contributed by atoms with Crippen molar-refractivity contribution in [3.63, 3.8) is 0 Å². The summed E-state index contributed by atoms with van der Waals surface area (Å²) in [6, 6.07) is 0.309. The Balaban J connectivity index is 2.32. The average molecular weight is 222 g/mol. The van der Waals surface area contributed by atoms with Crippen LogP contribution in [0.15, 0.2) is 0 Å². The number of likely N-dealkylation sites (tertiary alicyclic amines) is 1. The van der Waals surface area contributed by atoms with Crippen molar-refractivity contribution < 1.29 is 13.5 Å². The summed E-state index contributed by atoms with van der Waals surface area (Å²) in [4.78, 5) is 2.15. The minimum absolute atomic E-state index is 0.205. The topological polar surface area (TPSA) is 69.6 Å². The van der Waals surface area contributed by atoms with E-state index >= 15 is 0 Å². The lowest BCUT2D eigenvalue weighted by molar-refractivity contribution is 0.307. The maximum atomic E-state index is 11.2. The predicted octanol–water partition coefficient (Wildman–Crippen LogP) is -1.01. The minimum Gasteiger partial charge on any atom is -0.395 e. The van der Waals surface area contributed by atoms with E-state index < -0.39 is 10.0 Å². The van der Waals surface area contributed by atoms with Crippen molar-refractivity contribution in [1.82, 2.24) is 9.62 Å². The van der Waals surface area contributed by atoms with E-state index in [0.717, 1.165) is 19.4 Å². The van der Waals surface area contributed by atoms with E-state index in [9.17, 15) is 8.42 Å². The third kappa shape index (κ3) is 3.53. The Morgan fingerprint density at radius 2 is 2.29 bits per heavy atom. The van der Waals surface area contributed by atoms with Crippen molar-refractivity contribution in [1.29, 1.82) is 0 Å². The van der Waals surface area contributed by atoms with Crippen LogP contribution < -0.4 is 4.72 Å². The summed E-state index contributed by atoms with van der Waals surface area (Å²) in [6.07, 6.45) is 2.17. The number of nitrogens with one attached hydrogen (secondary N) is 1. The molecule has 84 valence electrons. The second kappa shape index (κ2) is 5.06. The number of sulfonamides is 1. The molecule has 1 aliphatic heterocycles. The highest BCUT2D eigenvalue weighted by Crippen LogP contribution is 2.13. The van der Waals surface area contributed by atoms with Crippen LogP contribution in [0.4, 0.5) is 0 Å². The Bertz CT molecular complexity index is 266. The third-order valence-corrected chi connectivity index (χ3v) is 3.90. The number of hydrogen-bond acceptors (Lipinski definition) is 4. The van der Waals surface area contributed by atoms with E-state index in [-0.39, 0.29) is 12.4 Å². The van der Waals surface area contributed by atoms with Crippen molar-refractivity contribution in [2.45, 2.75) is 18.9 Å². The van der Waals surface area contributed by atoms with E-state index in [0.29, 0.717) is 12.6 Å². The zero-order valence-corrected chi connectivity index (χ0v) is 9.26. The highest BCUT2D eigenvalue weighted by molar-refractivity contribution is 7.89. The molecule has 0 amide bonds. The Morgan fingerprint density at radius 3 is 2.79 bits per heavy atom. The lowest BCUT2D eigenvalue weighted by Crippen LogP contribution is -2.39. The van der Waals surface area contributed by atoms with Gasteiger partial charge in [-0.05, 0) is 26.4 Å². The zero-order chi connectivity index (χ0) is 10.6. The Labute approximate surface area is 85.2 Å². The molecule has 2 N–H and O–H groups in total. The number of aliphatic hydroxyl groups excluding tert-OH is 1. The van der Waals surface area contributed by atoms with Gasteiger partial charge in [0.15, 0.2) is 0 Å². The Kier molecular flexibility index (Phi) is 4.31. The number of likely N-dealkylation sites (N-methyl/N-ethyl adjacent to an activating group) is 1. The van der Waals surface area contributed by atoms with Crippen LogP contribution in [0.3, 0.4) is 0 Å². The van der Waals surface area contributed by atoms with Crippen LogP contribution in [-0.4, -0.2) is 57.0 Å². The maximum Gasteiger partial charge on any atom is 0.213 e. The van der Waals surface area contributed by atoms with Crippen molar-refractivity contribution in [2.24, 2.45) is 0 Å². The van der Waals surface area contributed by atoms with Gasteiger partial charge in [0, 0.05) is 12.6 Å². The molecule has 0 aromatic rings. The molecule has 0 aromatic heterocycles. The monoisotopic (exact) mass is 222 g/mol. The van der Waals surface area contributed by atoms with Crippen LogP contribution in [0.1, 0.15) is 12.8 Å². The fraction of sp³-hybridized carbons (Fsp3) is 1.00. The summed E-state index contributed by atoms with van der Waals surface area (Å²) in [5, 5.41) is 8.52. The molecule has 0 aliphatic carbocycles. The summed E-state index contributed by atoms with van der Waals surface area (Å²) >= 11 is 0. The van der Waals surface area contributed by atoms with Gasteiger partial charge in [0.2, 0.25) is 10.0 Å². The highest BCUT2D eigenvalue weighted by Gasteiger charge is 2.22. The number of hydrogen-bond donors (Lipinski definition) is 2. The fourth-order valence-electron chi connectivity index (χ4n) is 1.65. The molecule has 0 spiro atoms. The predicted molar refractivity (Wildman–Crippen MR) is 54.5 cm³/mol. The standard InChI is InChI=1S/C8H18N2O3S/c1-10-4-2-3-8(10)7-9-14(12,13)6-5-11/h8-9,11H,2-7H2,1H3. The first-order chi connectivity index (χ1) is 6.55. The summed E-state index contributed by atoms with van der Waals surface area (Å²) in [7, 11) is -1.27. The number of nitrogens with zero attached hydrogens (tertiary/aromatic N) is 1. The van der Waals surface area contributed by atoms with Gasteiger partial charge in [0.25, 0.3) is 0 Å². The van der Waals surface area contributed by atoms with Gasteiger partial charge in [-0.2, -0.15) is 0 Å². The largest absolute Gasteiger partial charge is 0.395 e. The number of aliphatic hydroxyl groups is 1. The quantitative estimate of drug-likeness (QED) is 0.625. The first-order valence-corrected chi connectivity index (χ1v) is 6.49. The van der Waals surface area contributed by atoms with Gasteiger partial charge >= 0.3 is 0 Å². The summed E-state index contributed by atoms with van der Waals surface area (Å²) in [6.45, 7) is 1.17. The van der Waals surface area contributed by atoms with Crippen molar-refractivity contribution >= 4 is 10.0 Å². The van der Waals surface area contributed by atoms with Gasteiger partial charge in [0.05, 0.1) is 12.4 Å². The van der Waals surface area contributed by atoms with Crippen LogP contribution in [0.2, 0.25) is 0 Å². The van der Waals surface area contributed by atoms with Crippen molar-refractivity contribution in [2.75, 3.05) is 32.5 Å². The summed E-state index contributed by atoms with van der Waals surface area (Å²) in [5.41, 5.74) is 0. The summed E-state index contributed by atoms with van der Waals surface area (Å²) in [5.74, 6) is -0.205. The lowest BCUT2D eigenvalue weighted by Gasteiger charge is -2.19. The molecule has 0 saturated carbocycles. The Morgan fingerprint density at radius 1 is 1.57 bits per heavy atom. The molecule has 1 saturated heterocycles. The molecule has 1 aliphatic rings. The summed E-state index contributed by atoms with van der Waals surface area (Å²) < 4.78 is 24.9. The van der Waals surface area contributed by atoms with E-state index in [1.165, 1.54) is 0 Å². The van der Waals surface area contributed by atoms with Crippen LogP contribution in [0.25, 0.3) is 0 Å². The number of rotatable bonds is 5. The van der Waals surface area contributed by atoms with E-state index in [1.54, 1.807) is 0 Å². The maximum absolute atomic E-state index is 11.2. The average Bonchev–Trinajstić information content (AvgIpc) is 2.48. The minimum atomic E-state index is -3.27. The molecule has 0 aromatic carbocycles. The fourth-order valence-corrected chi connectivity index (χ4v) is 2.48. The normalized spacial score (nSPS) is 24.3. The Hall–Kier alpha value is -0.170. The van der Waals surface area contributed by atoms with Crippen molar-refractivity contribution in [3.8, 4) is 0 Å². The van der Waals surface area contributed by atoms with Gasteiger partial charge in [-0.3, -0.25) is 0 Å². The first kappa shape index (κ1) is 11.9. The molecule has 1 fully saturated rings. The van der Waals surface area contributed by atoms with Gasteiger partial charge in [-0.15, -0.1) is 0 Å². The second-order valence-electron chi connectivity index (χ2n) is 3.67. The van der Waals surface area contributed by atoms with Crippen LogP contribution in [0, 0.1) is 0 Å². The molecule has 6 heteroatoms. The smallest absolute Gasteiger partial charge is 0.213 e. The molecule has 1 atom stereocenters. The molecule has 1 rings (SSSR count). The lowest BCUT2D eigenvalue weighted by atomic mass is 10.2. The SMILES string of the molecule is CN1CCCC1CNS(=O)(=O)CCO. The zero-order valence-electron chi connectivity index (χ0n) is 8.44. The van der Waals surface area contributed by atoms with Gasteiger partial charge < -0.3 is 10.0 Å². The molecular weight excluding hydrogens is 204 g/mol. The van der Waals surface area contributed by atoms with Gasteiger partial charge in [-0.1, -0.05) is 0 Å². The van der Waals surface area contributed by atoms with Gasteiger partial charge in [0.1, 0.15) is 0 Å². The second-order valence-corrected chi connectivity index (χ2v) is 5.59. The van der Waals surface area contributed by atoms with Crippen LogP contribution >= 0.6 is 0 Å². The first-order valence-electron chi connectivity index (χ1n) is 4.83.